The number of aromatic nitrogens is 2. The first kappa shape index (κ1) is 16.0. The van der Waals surface area contributed by atoms with Gasteiger partial charge in [0.15, 0.2) is 0 Å². The predicted molar refractivity (Wildman–Crippen MR) is 88.4 cm³/mol. The van der Waals surface area contributed by atoms with Gasteiger partial charge in [-0.25, -0.2) is 4.98 Å². The normalized spacial score (nSPS) is 11.3. The number of aliphatic hydroxyl groups is 1. The standard InChI is InChI=1S/C18H28N2O/c21-15-11-7-5-3-1-2-4-6-8-14-18-19-16-12-9-10-13-17(16)20-18/h9-10,12-13,21H,1-8,11,14-15H2,(H,19,20). The van der Waals surface area contributed by atoms with Gasteiger partial charge in [0, 0.05) is 13.0 Å². The van der Waals surface area contributed by atoms with Gasteiger partial charge in [0.2, 0.25) is 0 Å². The summed E-state index contributed by atoms with van der Waals surface area (Å²) in [6, 6.07) is 8.23. The lowest BCUT2D eigenvalue weighted by molar-refractivity contribution is 0.282. The third-order valence-electron chi connectivity index (χ3n) is 4.01. The summed E-state index contributed by atoms with van der Waals surface area (Å²) < 4.78 is 0. The summed E-state index contributed by atoms with van der Waals surface area (Å²) >= 11 is 0. The summed E-state index contributed by atoms with van der Waals surface area (Å²) in [5.41, 5.74) is 2.23. The van der Waals surface area contributed by atoms with Crippen molar-refractivity contribution < 1.29 is 5.11 Å². The molecule has 0 bridgehead atoms. The van der Waals surface area contributed by atoms with E-state index in [1.54, 1.807) is 0 Å². The minimum Gasteiger partial charge on any atom is -0.396 e. The van der Waals surface area contributed by atoms with E-state index in [9.17, 15) is 0 Å². The first-order valence-corrected chi connectivity index (χ1v) is 8.44. The monoisotopic (exact) mass is 288 g/mol. The number of rotatable bonds is 11. The Kier molecular flexibility index (Phi) is 7.30. The van der Waals surface area contributed by atoms with E-state index >= 15 is 0 Å². The molecule has 0 aliphatic heterocycles. The van der Waals surface area contributed by atoms with E-state index in [0.717, 1.165) is 29.7 Å². The molecule has 2 aromatic rings. The molecule has 0 aliphatic carbocycles. The van der Waals surface area contributed by atoms with Crippen molar-refractivity contribution in [3.8, 4) is 0 Å². The Morgan fingerprint density at radius 2 is 1.43 bits per heavy atom. The Bertz CT molecular complexity index is 474. The Labute approximate surface area is 127 Å². The molecule has 0 amide bonds. The van der Waals surface area contributed by atoms with Gasteiger partial charge in [0.1, 0.15) is 5.82 Å². The van der Waals surface area contributed by atoms with Crippen LogP contribution in [-0.2, 0) is 6.42 Å². The molecule has 0 fully saturated rings. The third kappa shape index (κ3) is 5.88. The molecular weight excluding hydrogens is 260 g/mol. The minimum atomic E-state index is 0.349. The maximum Gasteiger partial charge on any atom is 0.107 e. The van der Waals surface area contributed by atoms with Crippen molar-refractivity contribution in [3.63, 3.8) is 0 Å². The SMILES string of the molecule is OCCCCCCCCCCCc1nc2ccccc2[nH]1. The van der Waals surface area contributed by atoms with Crippen LogP contribution in [0.4, 0.5) is 0 Å². The Hall–Kier alpha value is -1.35. The van der Waals surface area contributed by atoms with Gasteiger partial charge >= 0.3 is 0 Å². The van der Waals surface area contributed by atoms with Gasteiger partial charge in [0.25, 0.3) is 0 Å². The third-order valence-corrected chi connectivity index (χ3v) is 4.01. The largest absolute Gasteiger partial charge is 0.396 e. The van der Waals surface area contributed by atoms with E-state index in [0.29, 0.717) is 6.61 Å². The number of unbranched alkanes of at least 4 members (excludes halogenated alkanes) is 8. The van der Waals surface area contributed by atoms with Crippen LogP contribution in [0.3, 0.4) is 0 Å². The van der Waals surface area contributed by atoms with E-state index in [1.165, 1.54) is 51.4 Å². The van der Waals surface area contributed by atoms with Crippen molar-refractivity contribution in [3.05, 3.63) is 30.1 Å². The zero-order valence-corrected chi connectivity index (χ0v) is 13.0. The van der Waals surface area contributed by atoms with E-state index in [-0.39, 0.29) is 0 Å². The number of fused-ring (bicyclic) bond motifs is 1. The lowest BCUT2D eigenvalue weighted by atomic mass is 10.1. The Balaban J connectivity index is 1.50. The average molecular weight is 288 g/mol. The summed E-state index contributed by atoms with van der Waals surface area (Å²) in [5.74, 6) is 1.13. The average Bonchev–Trinajstić information content (AvgIpc) is 2.92. The number of para-hydroxylation sites is 2. The molecule has 0 aliphatic rings. The number of imidazole rings is 1. The molecule has 0 radical (unpaired) electrons. The molecule has 2 rings (SSSR count). The van der Waals surface area contributed by atoms with Crippen LogP contribution in [-0.4, -0.2) is 21.7 Å². The van der Waals surface area contributed by atoms with Crippen molar-refractivity contribution in [2.45, 2.75) is 64.2 Å². The Morgan fingerprint density at radius 3 is 2.10 bits per heavy atom. The molecule has 21 heavy (non-hydrogen) atoms. The molecule has 2 N–H and O–H groups in total. The van der Waals surface area contributed by atoms with Crippen LogP contribution in [0.25, 0.3) is 11.0 Å². The first-order chi connectivity index (χ1) is 10.4. The van der Waals surface area contributed by atoms with Crippen molar-refractivity contribution in [2.75, 3.05) is 6.61 Å². The quantitative estimate of drug-likeness (QED) is 0.593. The number of aliphatic hydroxyl groups excluding tert-OH is 1. The van der Waals surface area contributed by atoms with E-state index in [2.05, 4.69) is 22.1 Å². The molecule has 1 aromatic heterocycles. The molecular formula is C18H28N2O. The summed E-state index contributed by atoms with van der Waals surface area (Å²) in [6.07, 6.45) is 12.4. The van der Waals surface area contributed by atoms with Crippen LogP contribution in [0.15, 0.2) is 24.3 Å². The van der Waals surface area contributed by atoms with Gasteiger partial charge in [-0.05, 0) is 25.0 Å². The zero-order valence-electron chi connectivity index (χ0n) is 13.0. The first-order valence-electron chi connectivity index (χ1n) is 8.44. The highest BCUT2D eigenvalue weighted by molar-refractivity contribution is 5.74. The summed E-state index contributed by atoms with van der Waals surface area (Å²) in [6.45, 7) is 0.349. The predicted octanol–water partition coefficient (Wildman–Crippen LogP) is 4.61. The van der Waals surface area contributed by atoms with Gasteiger partial charge in [-0.1, -0.05) is 57.1 Å². The summed E-state index contributed by atoms with van der Waals surface area (Å²) in [7, 11) is 0. The second-order valence-corrected chi connectivity index (χ2v) is 5.86. The number of nitrogens with zero attached hydrogens (tertiary/aromatic N) is 1. The lowest BCUT2D eigenvalue weighted by Gasteiger charge is -2.01. The topological polar surface area (TPSA) is 48.9 Å². The van der Waals surface area contributed by atoms with Gasteiger partial charge < -0.3 is 10.1 Å². The van der Waals surface area contributed by atoms with Gasteiger partial charge in [0.05, 0.1) is 11.0 Å². The van der Waals surface area contributed by atoms with Crippen LogP contribution in [0.2, 0.25) is 0 Å². The van der Waals surface area contributed by atoms with Crippen LogP contribution in [0.5, 0.6) is 0 Å². The molecule has 0 saturated heterocycles. The van der Waals surface area contributed by atoms with E-state index in [1.807, 2.05) is 12.1 Å². The van der Waals surface area contributed by atoms with Gasteiger partial charge in [-0.15, -0.1) is 0 Å². The highest BCUT2D eigenvalue weighted by atomic mass is 16.2. The Morgan fingerprint density at radius 1 is 0.810 bits per heavy atom. The van der Waals surface area contributed by atoms with Crippen LogP contribution in [0.1, 0.15) is 63.6 Å². The van der Waals surface area contributed by atoms with Crippen molar-refractivity contribution in [2.24, 2.45) is 0 Å². The number of hydrogen-bond acceptors (Lipinski definition) is 2. The van der Waals surface area contributed by atoms with Crippen LogP contribution >= 0.6 is 0 Å². The molecule has 0 unspecified atom stereocenters. The molecule has 0 atom stereocenters. The number of aromatic amines is 1. The zero-order chi connectivity index (χ0) is 14.8. The lowest BCUT2D eigenvalue weighted by Crippen LogP contribution is -1.89. The smallest absolute Gasteiger partial charge is 0.107 e. The minimum absolute atomic E-state index is 0.349. The number of H-pyrrole nitrogens is 1. The van der Waals surface area contributed by atoms with Crippen LogP contribution in [0, 0.1) is 0 Å². The van der Waals surface area contributed by atoms with Gasteiger partial charge in [-0.2, -0.15) is 0 Å². The summed E-state index contributed by atoms with van der Waals surface area (Å²) in [5, 5.41) is 8.70. The highest BCUT2D eigenvalue weighted by Crippen LogP contribution is 2.14. The second-order valence-electron chi connectivity index (χ2n) is 5.86. The molecule has 1 heterocycles. The molecule has 1 aromatic carbocycles. The van der Waals surface area contributed by atoms with E-state index < -0.39 is 0 Å². The number of aryl methyl sites for hydroxylation is 1. The highest BCUT2D eigenvalue weighted by Gasteiger charge is 2.01. The number of hydrogen-bond donors (Lipinski definition) is 2. The fraction of sp³-hybridized carbons (Fsp3) is 0.611. The summed E-state index contributed by atoms with van der Waals surface area (Å²) in [4.78, 5) is 8.01. The molecule has 3 nitrogen and oxygen atoms in total. The molecule has 116 valence electrons. The molecule has 0 spiro atoms. The van der Waals surface area contributed by atoms with Crippen molar-refractivity contribution >= 4 is 11.0 Å². The van der Waals surface area contributed by atoms with Crippen molar-refractivity contribution in [1.82, 2.24) is 9.97 Å². The van der Waals surface area contributed by atoms with Gasteiger partial charge in [-0.3, -0.25) is 0 Å². The van der Waals surface area contributed by atoms with Crippen molar-refractivity contribution in [1.29, 1.82) is 0 Å². The maximum absolute atomic E-state index is 8.70. The second kappa shape index (κ2) is 9.56. The fourth-order valence-electron chi connectivity index (χ4n) is 2.77. The van der Waals surface area contributed by atoms with E-state index in [4.69, 9.17) is 5.11 Å². The fourth-order valence-corrected chi connectivity index (χ4v) is 2.77. The molecule has 3 heteroatoms. The van der Waals surface area contributed by atoms with Crippen LogP contribution < -0.4 is 0 Å². The maximum atomic E-state index is 8.70. The molecule has 0 saturated carbocycles. The number of benzene rings is 1. The number of nitrogens with one attached hydrogen (secondary N) is 1.